The van der Waals surface area contributed by atoms with Crippen LogP contribution in [0.1, 0.15) is 49.8 Å². The first-order chi connectivity index (χ1) is 11.6. The van der Waals surface area contributed by atoms with E-state index in [1.54, 1.807) is 11.3 Å². The molecule has 0 aliphatic heterocycles. The molecule has 1 nitrogen and oxygen atoms in total. The summed E-state index contributed by atoms with van der Waals surface area (Å²) in [6, 6.07) is 11.0. The van der Waals surface area contributed by atoms with Crippen LogP contribution < -0.4 is 4.90 Å². The molecule has 0 amide bonds. The highest BCUT2D eigenvalue weighted by Gasteiger charge is 2.18. The Bertz CT molecular complexity index is 667. The van der Waals surface area contributed by atoms with E-state index in [-0.39, 0.29) is 5.82 Å². The quantitative estimate of drug-likeness (QED) is 0.535. The summed E-state index contributed by atoms with van der Waals surface area (Å²) in [6.07, 6.45) is 9.09. The van der Waals surface area contributed by atoms with Gasteiger partial charge in [0.15, 0.2) is 0 Å². The van der Waals surface area contributed by atoms with Gasteiger partial charge in [-0.2, -0.15) is 0 Å². The van der Waals surface area contributed by atoms with Gasteiger partial charge in [0.1, 0.15) is 5.82 Å². The molecular formula is C21H26FNS. The summed E-state index contributed by atoms with van der Waals surface area (Å²) >= 11 is 1.76. The second kappa shape index (κ2) is 7.98. The molecule has 0 unspecified atom stereocenters. The van der Waals surface area contributed by atoms with Crippen LogP contribution in [0, 0.1) is 18.7 Å². The summed E-state index contributed by atoms with van der Waals surface area (Å²) in [5.41, 5.74) is 2.10. The predicted molar refractivity (Wildman–Crippen MR) is 103 cm³/mol. The van der Waals surface area contributed by atoms with Gasteiger partial charge in [-0.05, 0) is 62.1 Å². The molecule has 0 spiro atoms. The second-order valence-electron chi connectivity index (χ2n) is 6.81. The molecule has 1 fully saturated rings. The number of hydrogen-bond donors (Lipinski definition) is 0. The first kappa shape index (κ1) is 17.2. The summed E-state index contributed by atoms with van der Waals surface area (Å²) in [4.78, 5) is 3.47. The van der Waals surface area contributed by atoms with Crippen LogP contribution in [-0.4, -0.2) is 0 Å². The van der Waals surface area contributed by atoms with Gasteiger partial charge in [-0.1, -0.05) is 38.7 Å². The van der Waals surface area contributed by atoms with Crippen molar-refractivity contribution in [1.29, 1.82) is 0 Å². The molecule has 0 saturated heterocycles. The molecule has 1 aromatic heterocycles. The van der Waals surface area contributed by atoms with E-state index in [4.69, 9.17) is 0 Å². The third kappa shape index (κ3) is 4.27. The lowest BCUT2D eigenvalue weighted by molar-refractivity contribution is 0.339. The SMILES string of the molecule is C=C(CCC1CCCCC1)N(c1ccc(F)cc1)c1ccc(C)s1. The predicted octanol–water partition coefficient (Wildman–Crippen LogP) is 7.21. The summed E-state index contributed by atoms with van der Waals surface area (Å²) in [5.74, 6) is 0.643. The fraction of sp³-hybridized carbons (Fsp3) is 0.429. The van der Waals surface area contributed by atoms with Crippen molar-refractivity contribution < 1.29 is 4.39 Å². The average Bonchev–Trinajstić information content (AvgIpc) is 3.02. The molecule has 1 saturated carbocycles. The zero-order valence-electron chi connectivity index (χ0n) is 14.4. The minimum atomic E-state index is -0.200. The van der Waals surface area contributed by atoms with Crippen LogP contribution in [0.5, 0.6) is 0 Å². The monoisotopic (exact) mass is 343 g/mol. The van der Waals surface area contributed by atoms with E-state index < -0.39 is 0 Å². The Balaban J connectivity index is 1.75. The van der Waals surface area contributed by atoms with Gasteiger partial charge in [-0.25, -0.2) is 4.39 Å². The number of aryl methyl sites for hydroxylation is 1. The Labute approximate surface area is 148 Å². The zero-order chi connectivity index (χ0) is 16.9. The van der Waals surface area contributed by atoms with Gasteiger partial charge in [0.05, 0.1) is 5.00 Å². The maximum Gasteiger partial charge on any atom is 0.123 e. The van der Waals surface area contributed by atoms with Crippen LogP contribution in [0.25, 0.3) is 0 Å². The van der Waals surface area contributed by atoms with Crippen LogP contribution in [0.3, 0.4) is 0 Å². The van der Waals surface area contributed by atoms with E-state index >= 15 is 0 Å². The number of hydrogen-bond acceptors (Lipinski definition) is 2. The van der Waals surface area contributed by atoms with Crippen molar-refractivity contribution in [3.63, 3.8) is 0 Å². The molecule has 0 N–H and O–H groups in total. The van der Waals surface area contributed by atoms with E-state index in [1.807, 2.05) is 12.1 Å². The zero-order valence-corrected chi connectivity index (χ0v) is 15.2. The van der Waals surface area contributed by atoms with Crippen molar-refractivity contribution >= 4 is 22.0 Å². The molecule has 24 heavy (non-hydrogen) atoms. The lowest BCUT2D eigenvalue weighted by Crippen LogP contribution is -2.16. The van der Waals surface area contributed by atoms with E-state index in [0.717, 1.165) is 28.7 Å². The molecule has 128 valence electrons. The van der Waals surface area contributed by atoms with Crippen molar-refractivity contribution in [1.82, 2.24) is 0 Å². The molecular weight excluding hydrogens is 317 g/mol. The highest BCUT2D eigenvalue weighted by Crippen LogP contribution is 2.37. The van der Waals surface area contributed by atoms with Crippen molar-refractivity contribution in [3.05, 3.63) is 59.4 Å². The highest BCUT2D eigenvalue weighted by molar-refractivity contribution is 7.16. The molecule has 2 aromatic rings. The Morgan fingerprint density at radius 3 is 2.46 bits per heavy atom. The molecule has 1 heterocycles. The van der Waals surface area contributed by atoms with Gasteiger partial charge in [0.2, 0.25) is 0 Å². The first-order valence-electron chi connectivity index (χ1n) is 8.93. The van der Waals surface area contributed by atoms with Gasteiger partial charge < -0.3 is 4.90 Å². The largest absolute Gasteiger partial charge is 0.306 e. The topological polar surface area (TPSA) is 3.24 Å². The number of rotatable bonds is 6. The van der Waals surface area contributed by atoms with Crippen LogP contribution in [0.2, 0.25) is 0 Å². The highest BCUT2D eigenvalue weighted by atomic mass is 32.1. The van der Waals surface area contributed by atoms with Crippen molar-refractivity contribution in [3.8, 4) is 0 Å². The van der Waals surface area contributed by atoms with Crippen molar-refractivity contribution in [2.24, 2.45) is 5.92 Å². The summed E-state index contributed by atoms with van der Waals surface area (Å²) in [5, 5.41) is 1.16. The number of nitrogens with zero attached hydrogens (tertiary/aromatic N) is 1. The van der Waals surface area contributed by atoms with Crippen LogP contribution in [0.4, 0.5) is 15.1 Å². The summed E-state index contributed by atoms with van der Waals surface area (Å²) in [6.45, 7) is 6.48. The number of allylic oxidation sites excluding steroid dienone is 1. The van der Waals surface area contributed by atoms with E-state index in [2.05, 4.69) is 30.5 Å². The minimum Gasteiger partial charge on any atom is -0.306 e. The summed E-state index contributed by atoms with van der Waals surface area (Å²) < 4.78 is 13.3. The fourth-order valence-corrected chi connectivity index (χ4v) is 4.48. The smallest absolute Gasteiger partial charge is 0.123 e. The van der Waals surface area contributed by atoms with Crippen LogP contribution in [0.15, 0.2) is 48.7 Å². The standard InChI is InChI=1S/C21H26FNS/c1-16(8-10-18-6-4-3-5-7-18)23(21-15-9-17(2)24-21)20-13-11-19(22)12-14-20/h9,11-15,18H,1,3-8,10H2,2H3. The number of benzene rings is 1. The summed E-state index contributed by atoms with van der Waals surface area (Å²) in [7, 11) is 0. The van der Waals surface area contributed by atoms with E-state index in [9.17, 15) is 4.39 Å². The minimum absolute atomic E-state index is 0.200. The molecule has 0 bridgehead atoms. The lowest BCUT2D eigenvalue weighted by Gasteiger charge is -2.28. The Kier molecular flexibility index (Phi) is 5.72. The van der Waals surface area contributed by atoms with Gasteiger partial charge in [-0.15, -0.1) is 11.3 Å². The maximum absolute atomic E-state index is 13.3. The van der Waals surface area contributed by atoms with Gasteiger partial charge >= 0.3 is 0 Å². The van der Waals surface area contributed by atoms with E-state index in [0.29, 0.717) is 0 Å². The third-order valence-corrected chi connectivity index (χ3v) is 5.90. The average molecular weight is 344 g/mol. The Morgan fingerprint density at radius 2 is 1.83 bits per heavy atom. The maximum atomic E-state index is 13.3. The molecule has 3 heteroatoms. The fourth-order valence-electron chi connectivity index (χ4n) is 3.56. The number of thiophene rings is 1. The number of halogens is 1. The second-order valence-corrected chi connectivity index (χ2v) is 8.07. The van der Waals surface area contributed by atoms with E-state index in [1.165, 1.54) is 55.5 Å². The number of anilines is 2. The van der Waals surface area contributed by atoms with Crippen LogP contribution >= 0.6 is 11.3 Å². The van der Waals surface area contributed by atoms with Gasteiger partial charge in [-0.3, -0.25) is 0 Å². The van der Waals surface area contributed by atoms with Crippen molar-refractivity contribution in [2.75, 3.05) is 4.90 Å². The van der Waals surface area contributed by atoms with Gasteiger partial charge in [0.25, 0.3) is 0 Å². The molecule has 3 rings (SSSR count). The Morgan fingerprint density at radius 1 is 1.12 bits per heavy atom. The first-order valence-corrected chi connectivity index (χ1v) is 9.75. The van der Waals surface area contributed by atoms with Crippen LogP contribution in [-0.2, 0) is 0 Å². The van der Waals surface area contributed by atoms with Crippen molar-refractivity contribution in [2.45, 2.75) is 51.9 Å². The lowest BCUT2D eigenvalue weighted by atomic mass is 9.86. The molecule has 1 aliphatic rings. The molecule has 1 aliphatic carbocycles. The molecule has 1 aromatic carbocycles. The van der Waals surface area contributed by atoms with Gasteiger partial charge in [0, 0.05) is 16.3 Å². The Hall–Kier alpha value is -1.61. The third-order valence-electron chi connectivity index (χ3n) is 4.91. The normalized spacial score (nSPS) is 15.4. The molecule has 0 radical (unpaired) electrons. The molecule has 0 atom stereocenters.